The lowest BCUT2D eigenvalue weighted by atomic mass is 9.83. The Morgan fingerprint density at radius 2 is 2.00 bits per heavy atom. The van der Waals surface area contributed by atoms with Gasteiger partial charge in [0.15, 0.2) is 5.13 Å². The predicted octanol–water partition coefficient (Wildman–Crippen LogP) is 5.02. The number of rotatable bonds is 4. The molecular formula is C17H21ClN4OS. The number of nitrogens with one attached hydrogen (secondary N) is 2. The Kier molecular flexibility index (Phi) is 5.71. The number of anilines is 2. The first-order chi connectivity index (χ1) is 11.6. The fourth-order valence-corrected chi connectivity index (χ4v) is 3.98. The van der Waals surface area contributed by atoms with Crippen LogP contribution in [0.5, 0.6) is 0 Å². The zero-order valence-electron chi connectivity index (χ0n) is 13.3. The molecule has 0 radical (unpaired) electrons. The number of benzene rings is 1. The summed E-state index contributed by atoms with van der Waals surface area (Å²) in [4.78, 5) is 16.5. The number of thiazole rings is 1. The van der Waals surface area contributed by atoms with Crippen molar-refractivity contribution in [3.63, 3.8) is 0 Å². The quantitative estimate of drug-likeness (QED) is 0.712. The number of halogens is 1. The molecule has 2 aromatic rings. The van der Waals surface area contributed by atoms with Crippen LogP contribution in [0.15, 0.2) is 29.6 Å². The zero-order chi connectivity index (χ0) is 16.9. The molecule has 0 spiro atoms. The summed E-state index contributed by atoms with van der Waals surface area (Å²) in [6, 6.07) is 6.67. The molecule has 1 unspecified atom stereocenters. The van der Waals surface area contributed by atoms with Crippen LogP contribution in [-0.2, 0) is 0 Å². The van der Waals surface area contributed by atoms with E-state index in [1.165, 1.54) is 30.6 Å². The van der Waals surface area contributed by atoms with Gasteiger partial charge in [-0.15, -0.1) is 11.3 Å². The Bertz CT molecular complexity index is 699. The van der Waals surface area contributed by atoms with Crippen molar-refractivity contribution in [2.75, 3.05) is 10.6 Å². The van der Waals surface area contributed by atoms with E-state index in [9.17, 15) is 4.79 Å². The number of nitrogens with two attached hydrogens (primary N) is 1. The highest BCUT2D eigenvalue weighted by molar-refractivity contribution is 7.14. The average Bonchev–Trinajstić information content (AvgIpc) is 3.05. The third kappa shape index (κ3) is 4.26. The lowest BCUT2D eigenvalue weighted by Gasteiger charge is -2.26. The van der Waals surface area contributed by atoms with Gasteiger partial charge >= 0.3 is 6.03 Å². The van der Waals surface area contributed by atoms with E-state index in [0.29, 0.717) is 21.8 Å². The molecule has 1 atom stereocenters. The first kappa shape index (κ1) is 17.2. The number of urea groups is 1. The van der Waals surface area contributed by atoms with Gasteiger partial charge in [0.25, 0.3) is 0 Å². The van der Waals surface area contributed by atoms with Crippen molar-refractivity contribution >= 4 is 39.8 Å². The summed E-state index contributed by atoms with van der Waals surface area (Å²) in [5.74, 6) is 0.491. The highest BCUT2D eigenvalue weighted by Gasteiger charge is 2.24. The van der Waals surface area contributed by atoms with Crippen molar-refractivity contribution < 1.29 is 4.79 Å². The van der Waals surface area contributed by atoms with Crippen molar-refractivity contribution in [1.82, 2.24) is 4.98 Å². The maximum atomic E-state index is 12.1. The first-order valence-corrected chi connectivity index (χ1v) is 9.43. The molecule has 4 N–H and O–H groups in total. The third-order valence-electron chi connectivity index (χ3n) is 4.36. The lowest BCUT2D eigenvalue weighted by molar-refractivity contribution is 0.262. The zero-order valence-corrected chi connectivity index (χ0v) is 14.9. The van der Waals surface area contributed by atoms with E-state index in [1.807, 2.05) is 17.5 Å². The summed E-state index contributed by atoms with van der Waals surface area (Å²) >= 11 is 7.42. The monoisotopic (exact) mass is 364 g/mol. The molecule has 1 aliphatic rings. The second-order valence-electron chi connectivity index (χ2n) is 6.06. The van der Waals surface area contributed by atoms with Crippen LogP contribution in [0.1, 0.15) is 43.8 Å². The van der Waals surface area contributed by atoms with Crippen LogP contribution in [0.2, 0.25) is 5.02 Å². The van der Waals surface area contributed by atoms with Crippen molar-refractivity contribution in [1.29, 1.82) is 0 Å². The van der Waals surface area contributed by atoms with Crippen molar-refractivity contribution in [2.45, 2.75) is 38.1 Å². The second kappa shape index (κ2) is 7.96. The molecule has 1 heterocycles. The Labute approximate surface area is 150 Å². The van der Waals surface area contributed by atoms with Gasteiger partial charge < -0.3 is 11.1 Å². The van der Waals surface area contributed by atoms with Gasteiger partial charge in [0.1, 0.15) is 0 Å². The molecule has 0 aliphatic heterocycles. The summed E-state index contributed by atoms with van der Waals surface area (Å²) in [6.45, 7) is 0. The van der Waals surface area contributed by atoms with E-state index in [2.05, 4.69) is 15.6 Å². The molecule has 1 saturated carbocycles. The molecule has 2 amide bonds. The van der Waals surface area contributed by atoms with Crippen LogP contribution in [0, 0.1) is 5.92 Å². The maximum Gasteiger partial charge on any atom is 0.325 e. The summed E-state index contributed by atoms with van der Waals surface area (Å²) in [5.41, 5.74) is 7.78. The van der Waals surface area contributed by atoms with E-state index >= 15 is 0 Å². The predicted molar refractivity (Wildman–Crippen MR) is 99.7 cm³/mol. The second-order valence-corrected chi connectivity index (χ2v) is 7.33. The fourth-order valence-electron chi connectivity index (χ4n) is 3.04. The first-order valence-electron chi connectivity index (χ1n) is 8.17. The summed E-state index contributed by atoms with van der Waals surface area (Å²) in [6.07, 6.45) is 6.11. The summed E-state index contributed by atoms with van der Waals surface area (Å²) < 4.78 is 0. The highest BCUT2D eigenvalue weighted by Crippen LogP contribution is 2.34. The summed E-state index contributed by atoms with van der Waals surface area (Å²) in [5, 5.41) is 8.42. The Morgan fingerprint density at radius 3 is 2.75 bits per heavy atom. The SMILES string of the molecule is NC(c1csc(NC(=O)Nc2ccccc2Cl)n1)C1CCCCC1. The van der Waals surface area contributed by atoms with Gasteiger partial charge in [-0.3, -0.25) is 5.32 Å². The Morgan fingerprint density at radius 1 is 1.25 bits per heavy atom. The van der Waals surface area contributed by atoms with Gasteiger partial charge in [-0.25, -0.2) is 9.78 Å². The van der Waals surface area contributed by atoms with Gasteiger partial charge in [-0.1, -0.05) is 43.0 Å². The van der Waals surface area contributed by atoms with Crippen LogP contribution < -0.4 is 16.4 Å². The smallest absolute Gasteiger partial charge is 0.322 e. The number of carbonyl (C=O) groups is 1. The van der Waals surface area contributed by atoms with Crippen LogP contribution >= 0.6 is 22.9 Å². The molecule has 1 aliphatic carbocycles. The van der Waals surface area contributed by atoms with Crippen LogP contribution in [-0.4, -0.2) is 11.0 Å². The van der Waals surface area contributed by atoms with Crippen molar-refractivity contribution in [2.24, 2.45) is 11.7 Å². The number of nitrogens with zero attached hydrogens (tertiary/aromatic N) is 1. The number of carbonyl (C=O) groups excluding carboxylic acids is 1. The van der Waals surface area contributed by atoms with Crippen LogP contribution in [0.3, 0.4) is 0 Å². The van der Waals surface area contributed by atoms with E-state index in [0.717, 1.165) is 18.5 Å². The van der Waals surface area contributed by atoms with Gasteiger partial charge in [0, 0.05) is 5.38 Å². The lowest BCUT2D eigenvalue weighted by Crippen LogP contribution is -2.24. The molecule has 0 bridgehead atoms. The van der Waals surface area contributed by atoms with Gasteiger partial charge in [-0.05, 0) is 30.9 Å². The Hall–Kier alpha value is -1.63. The maximum absolute atomic E-state index is 12.1. The molecular weight excluding hydrogens is 344 g/mol. The normalized spacial score (nSPS) is 16.6. The minimum Gasteiger partial charge on any atom is -0.322 e. The van der Waals surface area contributed by atoms with Gasteiger partial charge in [0.2, 0.25) is 0 Å². The van der Waals surface area contributed by atoms with E-state index < -0.39 is 0 Å². The molecule has 5 nitrogen and oxygen atoms in total. The number of hydrogen-bond acceptors (Lipinski definition) is 4. The van der Waals surface area contributed by atoms with Gasteiger partial charge in [0.05, 0.1) is 22.4 Å². The van der Waals surface area contributed by atoms with E-state index in [-0.39, 0.29) is 12.1 Å². The van der Waals surface area contributed by atoms with Gasteiger partial charge in [-0.2, -0.15) is 0 Å². The van der Waals surface area contributed by atoms with Crippen molar-refractivity contribution in [3.05, 3.63) is 40.4 Å². The molecule has 1 aromatic carbocycles. The van der Waals surface area contributed by atoms with Crippen LogP contribution in [0.25, 0.3) is 0 Å². The topological polar surface area (TPSA) is 80.0 Å². The minimum atomic E-state index is -0.366. The molecule has 3 rings (SSSR count). The summed E-state index contributed by atoms with van der Waals surface area (Å²) in [7, 11) is 0. The minimum absolute atomic E-state index is 0.0521. The Balaban J connectivity index is 1.59. The average molecular weight is 365 g/mol. The molecule has 24 heavy (non-hydrogen) atoms. The number of para-hydroxylation sites is 1. The molecule has 0 saturated heterocycles. The van der Waals surface area contributed by atoms with E-state index in [1.54, 1.807) is 12.1 Å². The molecule has 1 aromatic heterocycles. The third-order valence-corrected chi connectivity index (χ3v) is 5.47. The largest absolute Gasteiger partial charge is 0.325 e. The molecule has 1 fully saturated rings. The van der Waals surface area contributed by atoms with E-state index in [4.69, 9.17) is 17.3 Å². The number of amides is 2. The number of aromatic nitrogens is 1. The molecule has 128 valence electrons. The highest BCUT2D eigenvalue weighted by atomic mass is 35.5. The van der Waals surface area contributed by atoms with Crippen LogP contribution in [0.4, 0.5) is 15.6 Å². The molecule has 7 heteroatoms. The fraction of sp³-hybridized carbons (Fsp3) is 0.412. The van der Waals surface area contributed by atoms with Crippen molar-refractivity contribution in [3.8, 4) is 0 Å². The standard InChI is InChI=1S/C17H21ClN4OS/c18-12-8-4-5-9-13(12)20-16(23)22-17-21-14(10-24-17)15(19)11-6-2-1-3-7-11/h4-5,8-11,15H,1-3,6-7,19H2,(H2,20,21,22,23). The number of hydrogen-bond donors (Lipinski definition) is 3.